The summed E-state index contributed by atoms with van der Waals surface area (Å²) in [6, 6.07) is 0.864. The third kappa shape index (κ3) is 2.46. The van der Waals surface area contributed by atoms with Crippen molar-refractivity contribution in [3.63, 3.8) is 0 Å². The van der Waals surface area contributed by atoms with E-state index in [1.165, 1.54) is 45.2 Å². The van der Waals surface area contributed by atoms with Gasteiger partial charge in [0.05, 0.1) is 0 Å². The quantitative estimate of drug-likeness (QED) is 0.647. The van der Waals surface area contributed by atoms with Gasteiger partial charge in [-0.05, 0) is 44.4 Å². The Morgan fingerprint density at radius 2 is 1.77 bits per heavy atom. The molecule has 76 valence electrons. The van der Waals surface area contributed by atoms with Gasteiger partial charge >= 0.3 is 0 Å². The molecule has 1 heteroatoms. The van der Waals surface area contributed by atoms with Crippen molar-refractivity contribution in [3.8, 4) is 0 Å². The van der Waals surface area contributed by atoms with Crippen LogP contribution >= 0.6 is 0 Å². The number of rotatable bonds is 3. The lowest BCUT2D eigenvalue weighted by Gasteiger charge is -2.37. The molecule has 2 fully saturated rings. The predicted molar refractivity (Wildman–Crippen MR) is 56.8 cm³/mol. The second-order valence-electron chi connectivity index (χ2n) is 5.10. The van der Waals surface area contributed by atoms with Gasteiger partial charge in [-0.25, -0.2) is 0 Å². The summed E-state index contributed by atoms with van der Waals surface area (Å²) in [7, 11) is 0. The standard InChI is InChI=1S/C12H23N/c1-3-11-5-4-10(2)13(8-11)9-12-6-7-12/h10-12H,3-9H2,1-2H3/t10-,11+/m1/s1. The molecule has 0 aromatic heterocycles. The van der Waals surface area contributed by atoms with Gasteiger partial charge in [0.25, 0.3) is 0 Å². The molecule has 0 amide bonds. The molecular formula is C12H23N. The summed E-state index contributed by atoms with van der Waals surface area (Å²) in [4.78, 5) is 2.75. The summed E-state index contributed by atoms with van der Waals surface area (Å²) in [6.45, 7) is 7.54. The Morgan fingerprint density at radius 3 is 2.38 bits per heavy atom. The first-order chi connectivity index (χ1) is 6.29. The SMILES string of the molecule is CC[C@H]1CC[C@@H](C)N(CC2CC2)C1. The van der Waals surface area contributed by atoms with E-state index in [-0.39, 0.29) is 0 Å². The summed E-state index contributed by atoms with van der Waals surface area (Å²) < 4.78 is 0. The van der Waals surface area contributed by atoms with Gasteiger partial charge in [0, 0.05) is 19.1 Å². The van der Waals surface area contributed by atoms with Crippen LogP contribution in [0.1, 0.15) is 46.0 Å². The number of likely N-dealkylation sites (tertiary alicyclic amines) is 1. The summed E-state index contributed by atoms with van der Waals surface area (Å²) in [5.74, 6) is 2.06. The normalized spacial score (nSPS) is 36.5. The van der Waals surface area contributed by atoms with E-state index in [9.17, 15) is 0 Å². The average molecular weight is 181 g/mol. The fourth-order valence-corrected chi connectivity index (χ4v) is 2.48. The Hall–Kier alpha value is -0.0400. The number of piperidine rings is 1. The van der Waals surface area contributed by atoms with Crippen LogP contribution in [0.2, 0.25) is 0 Å². The van der Waals surface area contributed by atoms with Crippen molar-refractivity contribution in [1.82, 2.24) is 4.90 Å². The van der Waals surface area contributed by atoms with Crippen LogP contribution < -0.4 is 0 Å². The first-order valence-electron chi connectivity index (χ1n) is 6.03. The fraction of sp³-hybridized carbons (Fsp3) is 1.00. The van der Waals surface area contributed by atoms with Crippen molar-refractivity contribution in [2.45, 2.75) is 52.0 Å². The second-order valence-corrected chi connectivity index (χ2v) is 5.10. The van der Waals surface area contributed by atoms with Gasteiger partial charge in [-0.3, -0.25) is 0 Å². The molecule has 0 unspecified atom stereocenters. The maximum Gasteiger partial charge on any atom is 0.00672 e. The molecular weight excluding hydrogens is 158 g/mol. The van der Waals surface area contributed by atoms with Gasteiger partial charge in [0.2, 0.25) is 0 Å². The second kappa shape index (κ2) is 4.00. The lowest BCUT2D eigenvalue weighted by molar-refractivity contribution is 0.111. The highest BCUT2D eigenvalue weighted by Gasteiger charge is 2.30. The van der Waals surface area contributed by atoms with Crippen molar-refractivity contribution < 1.29 is 0 Å². The van der Waals surface area contributed by atoms with Gasteiger partial charge in [0.15, 0.2) is 0 Å². The third-order valence-electron chi connectivity index (χ3n) is 3.88. The topological polar surface area (TPSA) is 3.24 Å². The maximum absolute atomic E-state index is 2.75. The van der Waals surface area contributed by atoms with E-state index >= 15 is 0 Å². The smallest absolute Gasteiger partial charge is 0.00672 e. The Morgan fingerprint density at radius 1 is 1.08 bits per heavy atom. The van der Waals surface area contributed by atoms with Gasteiger partial charge in [-0.15, -0.1) is 0 Å². The van der Waals surface area contributed by atoms with Crippen molar-refractivity contribution in [1.29, 1.82) is 0 Å². The molecule has 1 aliphatic carbocycles. The van der Waals surface area contributed by atoms with E-state index in [1.807, 2.05) is 0 Å². The Labute approximate surface area is 82.5 Å². The number of nitrogens with zero attached hydrogens (tertiary/aromatic N) is 1. The molecule has 1 heterocycles. The van der Waals surface area contributed by atoms with Crippen LogP contribution in [0, 0.1) is 11.8 Å². The molecule has 2 aliphatic rings. The summed E-state index contributed by atoms with van der Waals surface area (Å²) in [5.41, 5.74) is 0. The molecule has 1 saturated carbocycles. The minimum absolute atomic E-state index is 0.864. The third-order valence-corrected chi connectivity index (χ3v) is 3.88. The highest BCUT2D eigenvalue weighted by atomic mass is 15.2. The van der Waals surface area contributed by atoms with E-state index in [0.29, 0.717) is 0 Å². The molecule has 0 N–H and O–H groups in total. The first-order valence-corrected chi connectivity index (χ1v) is 6.03. The van der Waals surface area contributed by atoms with Crippen LogP contribution in [-0.4, -0.2) is 24.0 Å². The van der Waals surface area contributed by atoms with Crippen LogP contribution in [0.3, 0.4) is 0 Å². The minimum Gasteiger partial charge on any atom is -0.300 e. The zero-order chi connectivity index (χ0) is 9.26. The van der Waals surface area contributed by atoms with E-state index in [4.69, 9.17) is 0 Å². The van der Waals surface area contributed by atoms with Gasteiger partial charge in [-0.2, -0.15) is 0 Å². The predicted octanol–water partition coefficient (Wildman–Crippen LogP) is 2.91. The summed E-state index contributed by atoms with van der Waals surface area (Å²) in [5, 5.41) is 0. The number of hydrogen-bond donors (Lipinski definition) is 0. The molecule has 0 bridgehead atoms. The largest absolute Gasteiger partial charge is 0.300 e. The van der Waals surface area contributed by atoms with E-state index in [2.05, 4.69) is 18.7 Å². The Balaban J connectivity index is 1.82. The van der Waals surface area contributed by atoms with Gasteiger partial charge in [0.1, 0.15) is 0 Å². The molecule has 1 saturated heterocycles. The zero-order valence-corrected chi connectivity index (χ0v) is 9.13. The Bertz CT molecular complexity index is 163. The van der Waals surface area contributed by atoms with Crippen molar-refractivity contribution in [2.75, 3.05) is 13.1 Å². The fourth-order valence-electron chi connectivity index (χ4n) is 2.48. The maximum atomic E-state index is 2.75. The summed E-state index contributed by atoms with van der Waals surface area (Å²) in [6.07, 6.45) is 7.29. The minimum atomic E-state index is 0.864. The molecule has 0 spiro atoms. The molecule has 2 atom stereocenters. The monoisotopic (exact) mass is 181 g/mol. The molecule has 0 aromatic carbocycles. The van der Waals surface area contributed by atoms with Crippen LogP contribution in [0.15, 0.2) is 0 Å². The van der Waals surface area contributed by atoms with Crippen LogP contribution in [0.5, 0.6) is 0 Å². The molecule has 1 aliphatic heterocycles. The highest BCUT2D eigenvalue weighted by molar-refractivity contribution is 4.84. The molecule has 0 radical (unpaired) electrons. The van der Waals surface area contributed by atoms with Crippen LogP contribution in [-0.2, 0) is 0 Å². The molecule has 13 heavy (non-hydrogen) atoms. The van der Waals surface area contributed by atoms with Gasteiger partial charge < -0.3 is 4.90 Å². The molecule has 2 rings (SSSR count). The van der Waals surface area contributed by atoms with Crippen molar-refractivity contribution in [3.05, 3.63) is 0 Å². The van der Waals surface area contributed by atoms with Crippen LogP contribution in [0.25, 0.3) is 0 Å². The van der Waals surface area contributed by atoms with E-state index < -0.39 is 0 Å². The van der Waals surface area contributed by atoms with E-state index in [0.717, 1.165) is 17.9 Å². The lowest BCUT2D eigenvalue weighted by Crippen LogP contribution is -2.42. The molecule has 0 aromatic rings. The van der Waals surface area contributed by atoms with E-state index in [1.54, 1.807) is 0 Å². The van der Waals surface area contributed by atoms with Crippen molar-refractivity contribution in [2.24, 2.45) is 11.8 Å². The molecule has 1 nitrogen and oxygen atoms in total. The summed E-state index contributed by atoms with van der Waals surface area (Å²) >= 11 is 0. The zero-order valence-electron chi connectivity index (χ0n) is 9.13. The van der Waals surface area contributed by atoms with Crippen molar-refractivity contribution >= 4 is 0 Å². The lowest BCUT2D eigenvalue weighted by atomic mass is 9.91. The van der Waals surface area contributed by atoms with Crippen LogP contribution in [0.4, 0.5) is 0 Å². The highest BCUT2D eigenvalue weighted by Crippen LogP contribution is 2.33. The number of hydrogen-bond acceptors (Lipinski definition) is 1. The van der Waals surface area contributed by atoms with Gasteiger partial charge in [-0.1, -0.05) is 13.3 Å². The first kappa shape index (κ1) is 9.51. The Kier molecular flexibility index (Phi) is 2.92. The average Bonchev–Trinajstić information content (AvgIpc) is 2.93.